The highest BCUT2D eigenvalue weighted by molar-refractivity contribution is 7.89. The van der Waals surface area contributed by atoms with E-state index in [-0.39, 0.29) is 22.0 Å². The largest absolute Gasteiger partial charge is 0.478 e. The second-order valence-corrected chi connectivity index (χ2v) is 6.94. The molecular weight excluding hydrogens is 304 g/mol. The second-order valence-electron chi connectivity index (χ2n) is 4.77. The quantitative estimate of drug-likeness (QED) is 0.862. The third kappa shape index (κ3) is 3.93. The second kappa shape index (κ2) is 5.79. The highest BCUT2D eigenvalue weighted by Gasteiger charge is 2.23. The van der Waals surface area contributed by atoms with Crippen LogP contribution in [0.3, 0.4) is 0 Å². The fourth-order valence-corrected chi connectivity index (χ4v) is 2.80. The Hall–Kier alpha value is -1.62. The minimum absolute atomic E-state index is 0.0653. The van der Waals surface area contributed by atoms with E-state index < -0.39 is 21.4 Å². The third-order valence-corrected chi connectivity index (χ3v) is 4.20. The standard InChI is InChI=1S/C12H13ClN2O4S/c1-12(2,6-14)7-15-20(18,19)8-3-4-9(11(16)17)10(13)5-8/h3-5,15H,7H2,1-2H3,(H,16,17). The van der Waals surface area contributed by atoms with Gasteiger partial charge in [-0.05, 0) is 32.0 Å². The molecule has 108 valence electrons. The Balaban J connectivity index is 3.03. The fourth-order valence-electron chi connectivity index (χ4n) is 1.23. The number of carboxylic acid groups (broad SMARTS) is 1. The van der Waals surface area contributed by atoms with E-state index in [1.54, 1.807) is 13.8 Å². The number of carbonyl (C=O) groups is 1. The summed E-state index contributed by atoms with van der Waals surface area (Å²) in [6.07, 6.45) is 0. The van der Waals surface area contributed by atoms with E-state index in [1.807, 2.05) is 6.07 Å². The molecule has 0 amide bonds. The van der Waals surface area contributed by atoms with Crippen LogP contribution in [0.5, 0.6) is 0 Å². The topological polar surface area (TPSA) is 107 Å². The number of hydrogen-bond acceptors (Lipinski definition) is 4. The van der Waals surface area contributed by atoms with Crippen LogP contribution in [0.2, 0.25) is 5.02 Å². The number of sulfonamides is 1. The Bertz CT molecular complexity index is 677. The van der Waals surface area contributed by atoms with Gasteiger partial charge in [-0.3, -0.25) is 0 Å². The molecule has 0 unspecified atom stereocenters. The molecule has 0 heterocycles. The summed E-state index contributed by atoms with van der Waals surface area (Å²) < 4.78 is 26.3. The predicted molar refractivity (Wildman–Crippen MR) is 73.0 cm³/mol. The van der Waals surface area contributed by atoms with Crippen molar-refractivity contribution < 1.29 is 18.3 Å². The number of nitriles is 1. The molecule has 0 saturated carbocycles. The van der Waals surface area contributed by atoms with Crippen molar-refractivity contribution in [3.8, 4) is 6.07 Å². The highest BCUT2D eigenvalue weighted by atomic mass is 35.5. The lowest BCUT2D eigenvalue weighted by molar-refractivity contribution is 0.0697. The Morgan fingerprint density at radius 2 is 2.10 bits per heavy atom. The van der Waals surface area contributed by atoms with Crippen molar-refractivity contribution in [1.29, 1.82) is 5.26 Å². The lowest BCUT2D eigenvalue weighted by atomic mass is 9.97. The summed E-state index contributed by atoms with van der Waals surface area (Å²) in [6.45, 7) is 3.12. The van der Waals surface area contributed by atoms with Crippen molar-refractivity contribution in [1.82, 2.24) is 4.72 Å². The van der Waals surface area contributed by atoms with Gasteiger partial charge in [-0.25, -0.2) is 17.9 Å². The van der Waals surface area contributed by atoms with E-state index >= 15 is 0 Å². The van der Waals surface area contributed by atoms with Crippen molar-refractivity contribution in [2.75, 3.05) is 6.54 Å². The molecule has 0 aromatic heterocycles. The number of carboxylic acids is 1. The molecule has 0 aliphatic carbocycles. The van der Waals surface area contributed by atoms with Crippen LogP contribution < -0.4 is 4.72 Å². The first-order valence-electron chi connectivity index (χ1n) is 5.53. The minimum atomic E-state index is -3.85. The van der Waals surface area contributed by atoms with Gasteiger partial charge in [-0.1, -0.05) is 11.6 Å². The number of nitrogens with zero attached hydrogens (tertiary/aromatic N) is 1. The number of rotatable bonds is 5. The monoisotopic (exact) mass is 316 g/mol. The van der Waals surface area contributed by atoms with E-state index in [1.165, 1.54) is 0 Å². The molecule has 1 aromatic carbocycles. The van der Waals surface area contributed by atoms with Gasteiger partial charge in [0.25, 0.3) is 0 Å². The molecule has 0 saturated heterocycles. The van der Waals surface area contributed by atoms with E-state index in [0.29, 0.717) is 0 Å². The molecule has 0 fully saturated rings. The maximum Gasteiger partial charge on any atom is 0.337 e. The Kier molecular flexibility index (Phi) is 4.76. The number of hydrogen-bond donors (Lipinski definition) is 2. The van der Waals surface area contributed by atoms with Crippen LogP contribution in [0, 0.1) is 16.7 Å². The van der Waals surface area contributed by atoms with E-state index in [2.05, 4.69) is 4.72 Å². The van der Waals surface area contributed by atoms with Gasteiger partial charge in [0.15, 0.2) is 0 Å². The van der Waals surface area contributed by atoms with Crippen LogP contribution in [-0.2, 0) is 10.0 Å². The Morgan fingerprint density at radius 1 is 1.50 bits per heavy atom. The molecule has 0 bridgehead atoms. The molecule has 0 atom stereocenters. The average Bonchev–Trinajstić information content (AvgIpc) is 2.36. The van der Waals surface area contributed by atoms with Gasteiger partial charge in [-0.2, -0.15) is 5.26 Å². The van der Waals surface area contributed by atoms with Gasteiger partial charge in [0, 0.05) is 6.54 Å². The van der Waals surface area contributed by atoms with Crippen LogP contribution in [0.4, 0.5) is 0 Å². The molecule has 8 heteroatoms. The van der Waals surface area contributed by atoms with Gasteiger partial charge in [-0.15, -0.1) is 0 Å². The Morgan fingerprint density at radius 3 is 2.55 bits per heavy atom. The molecule has 0 aliphatic heterocycles. The molecule has 2 N–H and O–H groups in total. The zero-order valence-electron chi connectivity index (χ0n) is 10.8. The molecule has 0 aliphatic rings. The van der Waals surface area contributed by atoms with Crippen molar-refractivity contribution in [3.63, 3.8) is 0 Å². The van der Waals surface area contributed by atoms with Gasteiger partial charge in [0.05, 0.1) is 27.0 Å². The molecule has 6 nitrogen and oxygen atoms in total. The lowest BCUT2D eigenvalue weighted by Crippen LogP contribution is -2.33. The van der Waals surface area contributed by atoms with Gasteiger partial charge in [0.1, 0.15) is 0 Å². The molecule has 1 rings (SSSR count). The van der Waals surface area contributed by atoms with Crippen LogP contribution >= 0.6 is 11.6 Å². The maximum absolute atomic E-state index is 12.0. The summed E-state index contributed by atoms with van der Waals surface area (Å²) in [5, 5.41) is 17.5. The molecule has 1 aromatic rings. The summed E-state index contributed by atoms with van der Waals surface area (Å²) >= 11 is 5.72. The molecule has 0 radical (unpaired) electrons. The number of benzene rings is 1. The molecular formula is C12H13ClN2O4S. The van der Waals surface area contributed by atoms with E-state index in [9.17, 15) is 13.2 Å². The normalized spacial score (nSPS) is 11.9. The smallest absolute Gasteiger partial charge is 0.337 e. The zero-order chi connectivity index (χ0) is 15.6. The first kappa shape index (κ1) is 16.4. The first-order chi connectivity index (χ1) is 9.09. The maximum atomic E-state index is 12.0. The summed E-state index contributed by atoms with van der Waals surface area (Å²) in [5.41, 5.74) is -1.03. The Labute approximate surface area is 122 Å². The van der Waals surface area contributed by atoms with Gasteiger partial charge in [0.2, 0.25) is 10.0 Å². The minimum Gasteiger partial charge on any atom is -0.478 e. The lowest BCUT2D eigenvalue weighted by Gasteiger charge is -2.16. The summed E-state index contributed by atoms with van der Waals surface area (Å²) in [4.78, 5) is 10.6. The number of aromatic carboxylic acids is 1. The van der Waals surface area contributed by atoms with Crippen molar-refractivity contribution in [2.24, 2.45) is 5.41 Å². The SMILES string of the molecule is CC(C)(C#N)CNS(=O)(=O)c1ccc(C(=O)O)c(Cl)c1. The summed E-state index contributed by atoms with van der Waals surface area (Å²) in [7, 11) is -3.85. The fraction of sp³-hybridized carbons (Fsp3) is 0.333. The third-order valence-electron chi connectivity index (χ3n) is 2.49. The van der Waals surface area contributed by atoms with Crippen LogP contribution in [0.15, 0.2) is 23.1 Å². The zero-order valence-corrected chi connectivity index (χ0v) is 12.4. The van der Waals surface area contributed by atoms with Crippen LogP contribution in [-0.4, -0.2) is 26.0 Å². The van der Waals surface area contributed by atoms with Crippen molar-refractivity contribution in [3.05, 3.63) is 28.8 Å². The van der Waals surface area contributed by atoms with Crippen LogP contribution in [0.1, 0.15) is 24.2 Å². The van der Waals surface area contributed by atoms with E-state index in [0.717, 1.165) is 18.2 Å². The van der Waals surface area contributed by atoms with Crippen molar-refractivity contribution in [2.45, 2.75) is 18.7 Å². The first-order valence-corrected chi connectivity index (χ1v) is 7.39. The molecule has 20 heavy (non-hydrogen) atoms. The number of nitrogens with one attached hydrogen (secondary N) is 1. The van der Waals surface area contributed by atoms with Gasteiger partial charge < -0.3 is 5.11 Å². The molecule has 0 spiro atoms. The van der Waals surface area contributed by atoms with Crippen molar-refractivity contribution >= 4 is 27.6 Å². The van der Waals surface area contributed by atoms with Gasteiger partial charge >= 0.3 is 5.97 Å². The van der Waals surface area contributed by atoms with Crippen LogP contribution in [0.25, 0.3) is 0 Å². The summed E-state index contributed by atoms with van der Waals surface area (Å²) in [6, 6.07) is 5.30. The van der Waals surface area contributed by atoms with E-state index in [4.69, 9.17) is 22.0 Å². The average molecular weight is 317 g/mol. The summed E-state index contributed by atoms with van der Waals surface area (Å²) in [5.74, 6) is -1.24. The number of halogens is 1. The predicted octanol–water partition coefficient (Wildman–Crippen LogP) is 1.87. The highest BCUT2D eigenvalue weighted by Crippen LogP contribution is 2.21.